The lowest BCUT2D eigenvalue weighted by molar-refractivity contribution is 0.375. The first-order valence-electron chi connectivity index (χ1n) is 4.14. The Hall–Kier alpha value is -0.300. The molecule has 1 heterocycles. The molecule has 0 bridgehead atoms. The van der Waals surface area contributed by atoms with Crippen molar-refractivity contribution in [3.8, 4) is 0 Å². The van der Waals surface area contributed by atoms with Crippen LogP contribution in [0.2, 0.25) is 0 Å². The molecule has 1 aliphatic rings. The molecular formula is C9H17N. The van der Waals surface area contributed by atoms with Crippen LogP contribution in [-0.2, 0) is 0 Å². The number of hydrogen-bond donors (Lipinski definition) is 1. The van der Waals surface area contributed by atoms with Crippen LogP contribution in [-0.4, -0.2) is 13.1 Å². The van der Waals surface area contributed by atoms with E-state index < -0.39 is 0 Å². The summed E-state index contributed by atoms with van der Waals surface area (Å²) < 4.78 is 0. The van der Waals surface area contributed by atoms with Gasteiger partial charge in [0.2, 0.25) is 0 Å². The van der Waals surface area contributed by atoms with Crippen LogP contribution in [0.1, 0.15) is 26.2 Å². The fourth-order valence-corrected chi connectivity index (χ4v) is 1.59. The third kappa shape index (κ3) is 2.53. The molecule has 0 radical (unpaired) electrons. The van der Waals surface area contributed by atoms with Gasteiger partial charge >= 0.3 is 0 Å². The van der Waals surface area contributed by atoms with Crippen molar-refractivity contribution >= 4 is 0 Å². The van der Waals surface area contributed by atoms with Crippen LogP contribution in [0, 0.1) is 5.92 Å². The maximum atomic E-state index is 3.92. The van der Waals surface area contributed by atoms with E-state index >= 15 is 0 Å². The summed E-state index contributed by atoms with van der Waals surface area (Å²) in [6, 6.07) is 0. The molecule has 1 heteroatoms. The van der Waals surface area contributed by atoms with E-state index in [9.17, 15) is 0 Å². The van der Waals surface area contributed by atoms with Crippen molar-refractivity contribution in [2.45, 2.75) is 26.2 Å². The van der Waals surface area contributed by atoms with Gasteiger partial charge in [0, 0.05) is 0 Å². The number of piperidine rings is 1. The minimum atomic E-state index is 0.867. The zero-order chi connectivity index (χ0) is 7.40. The molecule has 0 spiro atoms. The highest BCUT2D eigenvalue weighted by Crippen LogP contribution is 2.17. The Balaban J connectivity index is 2.19. The van der Waals surface area contributed by atoms with E-state index in [-0.39, 0.29) is 0 Å². The number of nitrogens with one attached hydrogen (secondary N) is 1. The second-order valence-corrected chi connectivity index (χ2v) is 3.37. The molecule has 0 amide bonds. The van der Waals surface area contributed by atoms with E-state index in [0.717, 1.165) is 5.92 Å². The SMILES string of the molecule is C=C(C)C[C@@H]1CCCNC1. The van der Waals surface area contributed by atoms with Crippen molar-refractivity contribution in [2.75, 3.05) is 13.1 Å². The Morgan fingerprint density at radius 2 is 2.50 bits per heavy atom. The van der Waals surface area contributed by atoms with Gasteiger partial charge < -0.3 is 5.32 Å². The predicted molar refractivity (Wildman–Crippen MR) is 45.0 cm³/mol. The second kappa shape index (κ2) is 3.77. The lowest BCUT2D eigenvalue weighted by atomic mass is 9.93. The molecule has 1 aliphatic heterocycles. The summed E-state index contributed by atoms with van der Waals surface area (Å²) in [5.74, 6) is 0.867. The first kappa shape index (κ1) is 7.80. The van der Waals surface area contributed by atoms with Gasteiger partial charge in [-0.05, 0) is 45.2 Å². The monoisotopic (exact) mass is 139 g/mol. The number of rotatable bonds is 2. The Morgan fingerprint density at radius 1 is 1.70 bits per heavy atom. The molecule has 0 unspecified atom stereocenters. The van der Waals surface area contributed by atoms with Crippen molar-refractivity contribution in [3.63, 3.8) is 0 Å². The minimum Gasteiger partial charge on any atom is -0.316 e. The minimum absolute atomic E-state index is 0.867. The Kier molecular flexibility index (Phi) is 2.94. The molecule has 0 aromatic heterocycles. The zero-order valence-corrected chi connectivity index (χ0v) is 6.82. The average Bonchev–Trinajstić information content (AvgIpc) is 1.88. The summed E-state index contributed by atoms with van der Waals surface area (Å²) in [5, 5.41) is 3.40. The molecule has 1 nitrogen and oxygen atoms in total. The standard InChI is InChI=1S/C9H17N/c1-8(2)6-9-4-3-5-10-7-9/h9-10H,1,3-7H2,2H3/t9-/m0/s1. The summed E-state index contributed by atoms with van der Waals surface area (Å²) in [7, 11) is 0. The molecule has 10 heavy (non-hydrogen) atoms. The molecule has 1 fully saturated rings. The first-order chi connectivity index (χ1) is 4.79. The Morgan fingerprint density at radius 3 is 3.00 bits per heavy atom. The maximum absolute atomic E-state index is 3.92. The van der Waals surface area contributed by atoms with Gasteiger partial charge in [0.1, 0.15) is 0 Å². The zero-order valence-electron chi connectivity index (χ0n) is 6.82. The van der Waals surface area contributed by atoms with Gasteiger partial charge in [0.25, 0.3) is 0 Å². The smallest absolute Gasteiger partial charge is 0.00174 e. The van der Waals surface area contributed by atoms with Crippen molar-refractivity contribution in [1.29, 1.82) is 0 Å². The average molecular weight is 139 g/mol. The molecule has 0 aliphatic carbocycles. The predicted octanol–water partition coefficient (Wildman–Crippen LogP) is 1.95. The van der Waals surface area contributed by atoms with E-state index in [4.69, 9.17) is 0 Å². The summed E-state index contributed by atoms with van der Waals surface area (Å²) >= 11 is 0. The Bertz CT molecular complexity index is 112. The van der Waals surface area contributed by atoms with Gasteiger partial charge in [-0.15, -0.1) is 6.58 Å². The van der Waals surface area contributed by atoms with E-state index in [2.05, 4.69) is 18.8 Å². The molecule has 1 atom stereocenters. The fourth-order valence-electron chi connectivity index (χ4n) is 1.59. The molecule has 1 rings (SSSR count). The summed E-state index contributed by atoms with van der Waals surface area (Å²) in [5.41, 5.74) is 1.33. The summed E-state index contributed by atoms with van der Waals surface area (Å²) in [6.45, 7) is 8.46. The lowest BCUT2D eigenvalue weighted by Gasteiger charge is -2.22. The third-order valence-corrected chi connectivity index (χ3v) is 2.04. The van der Waals surface area contributed by atoms with Crippen LogP contribution in [0.15, 0.2) is 12.2 Å². The van der Waals surface area contributed by atoms with Crippen LogP contribution >= 0.6 is 0 Å². The lowest BCUT2D eigenvalue weighted by Crippen LogP contribution is -2.29. The van der Waals surface area contributed by atoms with Crippen LogP contribution in [0.25, 0.3) is 0 Å². The molecule has 0 saturated carbocycles. The maximum Gasteiger partial charge on any atom is -0.00174 e. The highest BCUT2D eigenvalue weighted by atomic mass is 14.9. The molecule has 1 saturated heterocycles. The van der Waals surface area contributed by atoms with Crippen molar-refractivity contribution in [1.82, 2.24) is 5.32 Å². The van der Waals surface area contributed by atoms with Gasteiger partial charge in [-0.1, -0.05) is 5.57 Å². The van der Waals surface area contributed by atoms with Crippen molar-refractivity contribution in [2.24, 2.45) is 5.92 Å². The fraction of sp³-hybridized carbons (Fsp3) is 0.778. The topological polar surface area (TPSA) is 12.0 Å². The Labute approximate surface area is 63.5 Å². The third-order valence-electron chi connectivity index (χ3n) is 2.04. The normalized spacial score (nSPS) is 26.3. The van der Waals surface area contributed by atoms with Crippen LogP contribution in [0.5, 0.6) is 0 Å². The summed E-state index contributed by atoms with van der Waals surface area (Å²) in [6.07, 6.45) is 3.95. The largest absolute Gasteiger partial charge is 0.316 e. The van der Waals surface area contributed by atoms with Gasteiger partial charge in [0.05, 0.1) is 0 Å². The van der Waals surface area contributed by atoms with Crippen LogP contribution in [0.4, 0.5) is 0 Å². The quantitative estimate of drug-likeness (QED) is 0.577. The van der Waals surface area contributed by atoms with Crippen molar-refractivity contribution < 1.29 is 0 Å². The highest BCUT2D eigenvalue weighted by Gasteiger charge is 2.11. The molecular weight excluding hydrogens is 122 g/mol. The van der Waals surface area contributed by atoms with Gasteiger partial charge in [-0.3, -0.25) is 0 Å². The van der Waals surface area contributed by atoms with E-state index in [1.807, 2.05) is 0 Å². The summed E-state index contributed by atoms with van der Waals surface area (Å²) in [4.78, 5) is 0. The van der Waals surface area contributed by atoms with Gasteiger partial charge in [-0.25, -0.2) is 0 Å². The molecule has 1 N–H and O–H groups in total. The van der Waals surface area contributed by atoms with Gasteiger partial charge in [-0.2, -0.15) is 0 Å². The molecule has 0 aromatic carbocycles. The molecule has 58 valence electrons. The highest BCUT2D eigenvalue weighted by molar-refractivity contribution is 4.91. The number of allylic oxidation sites excluding steroid dienone is 1. The molecule has 0 aromatic rings. The van der Waals surface area contributed by atoms with E-state index in [1.54, 1.807) is 0 Å². The second-order valence-electron chi connectivity index (χ2n) is 3.37. The van der Waals surface area contributed by atoms with Crippen molar-refractivity contribution in [3.05, 3.63) is 12.2 Å². The van der Waals surface area contributed by atoms with Gasteiger partial charge in [0.15, 0.2) is 0 Å². The van der Waals surface area contributed by atoms with Crippen LogP contribution in [0.3, 0.4) is 0 Å². The van der Waals surface area contributed by atoms with E-state index in [1.165, 1.54) is 37.9 Å². The van der Waals surface area contributed by atoms with Crippen LogP contribution < -0.4 is 5.32 Å². The first-order valence-corrected chi connectivity index (χ1v) is 4.14. The number of hydrogen-bond acceptors (Lipinski definition) is 1. The van der Waals surface area contributed by atoms with E-state index in [0.29, 0.717) is 0 Å².